The van der Waals surface area contributed by atoms with Crippen LogP contribution in [-0.4, -0.2) is 22.2 Å². The van der Waals surface area contributed by atoms with Crippen LogP contribution in [-0.2, 0) is 9.59 Å². The number of carboxylic acids is 2. The topological polar surface area (TPSA) is 74.6 Å². The maximum Gasteiger partial charge on any atom is 0.328 e. The van der Waals surface area contributed by atoms with Crippen molar-refractivity contribution in [2.75, 3.05) is 0 Å². The first-order valence-corrected chi connectivity index (χ1v) is 16.4. The third kappa shape index (κ3) is 30.2. The van der Waals surface area contributed by atoms with Crippen LogP contribution >= 0.6 is 0 Å². The van der Waals surface area contributed by atoms with Crippen molar-refractivity contribution < 1.29 is 19.8 Å². The van der Waals surface area contributed by atoms with E-state index in [1.54, 1.807) is 12.2 Å². The van der Waals surface area contributed by atoms with Gasteiger partial charge >= 0.3 is 11.9 Å². The Labute approximate surface area is 246 Å². The highest BCUT2D eigenvalue weighted by atomic mass is 16.4. The zero-order valence-corrected chi connectivity index (χ0v) is 25.6. The van der Waals surface area contributed by atoms with E-state index in [2.05, 4.69) is 19.1 Å². The van der Waals surface area contributed by atoms with Crippen molar-refractivity contribution in [3.05, 3.63) is 60.8 Å². The number of allylic oxidation sites excluding steroid dienone is 9. The van der Waals surface area contributed by atoms with Crippen molar-refractivity contribution in [2.24, 2.45) is 5.92 Å². The summed E-state index contributed by atoms with van der Waals surface area (Å²) < 4.78 is 0. The van der Waals surface area contributed by atoms with Crippen molar-refractivity contribution in [1.82, 2.24) is 0 Å². The second-order valence-electron chi connectivity index (χ2n) is 11.0. The molecule has 2 N–H and O–H groups in total. The Morgan fingerprint density at radius 2 is 0.875 bits per heavy atom. The highest BCUT2D eigenvalue weighted by Crippen LogP contribution is 2.20. The second kappa shape index (κ2) is 31.2. The molecule has 4 heteroatoms. The molecule has 4 nitrogen and oxygen atoms in total. The molecule has 0 aliphatic carbocycles. The van der Waals surface area contributed by atoms with Gasteiger partial charge in [-0.15, -0.1) is 0 Å². The molecule has 228 valence electrons. The lowest BCUT2D eigenvalue weighted by Gasteiger charge is -2.12. The van der Waals surface area contributed by atoms with Crippen molar-refractivity contribution in [1.29, 1.82) is 0 Å². The largest absolute Gasteiger partial charge is 0.481 e. The van der Waals surface area contributed by atoms with Crippen LogP contribution in [0, 0.1) is 5.92 Å². The zero-order valence-electron chi connectivity index (χ0n) is 25.6. The van der Waals surface area contributed by atoms with E-state index >= 15 is 0 Å². The fourth-order valence-electron chi connectivity index (χ4n) is 4.86. The Kier molecular flexibility index (Phi) is 29.3. The summed E-state index contributed by atoms with van der Waals surface area (Å²) in [6.07, 6.45) is 45.1. The van der Waals surface area contributed by atoms with Crippen LogP contribution in [0.1, 0.15) is 148 Å². The van der Waals surface area contributed by atoms with Gasteiger partial charge in [0.1, 0.15) is 0 Å². The summed E-state index contributed by atoms with van der Waals surface area (Å²) in [7, 11) is 0. The molecule has 0 aromatic rings. The standard InChI is InChI=1S/C36H60O4/c1-2-3-4-5-6-7-8-16-19-22-25-28-31-34(36(39)40)32-29-26-23-20-17-14-12-10-9-11-13-15-18-21-24-27-30-33-35(37)38/h9,11,13,15,18,21,24,27,30,33-34H,2-8,10,12,14,16-17,19-20,22-23,25-26,28-29,31-32H2,1H3,(H,37,38)(H,39,40). The molecule has 0 spiro atoms. The van der Waals surface area contributed by atoms with E-state index in [4.69, 9.17) is 5.11 Å². The quantitative estimate of drug-likeness (QED) is 0.0546. The lowest BCUT2D eigenvalue weighted by molar-refractivity contribution is -0.142. The average Bonchev–Trinajstić information content (AvgIpc) is 2.93. The van der Waals surface area contributed by atoms with E-state index in [0.717, 1.165) is 44.6 Å². The Morgan fingerprint density at radius 3 is 1.30 bits per heavy atom. The molecule has 0 aliphatic heterocycles. The monoisotopic (exact) mass is 556 g/mol. The number of hydrogen-bond acceptors (Lipinski definition) is 2. The lowest BCUT2D eigenvalue weighted by atomic mass is 9.94. The fourth-order valence-corrected chi connectivity index (χ4v) is 4.86. The number of hydrogen-bond donors (Lipinski definition) is 2. The summed E-state index contributed by atoms with van der Waals surface area (Å²) >= 11 is 0. The highest BCUT2D eigenvalue weighted by molar-refractivity contribution is 5.80. The van der Waals surface area contributed by atoms with E-state index in [1.807, 2.05) is 24.3 Å². The first-order valence-electron chi connectivity index (χ1n) is 16.4. The van der Waals surface area contributed by atoms with E-state index in [0.29, 0.717) is 0 Å². The maximum atomic E-state index is 11.6. The molecular weight excluding hydrogens is 496 g/mol. The summed E-state index contributed by atoms with van der Waals surface area (Å²) in [5, 5.41) is 18.1. The van der Waals surface area contributed by atoms with Crippen LogP contribution in [0.15, 0.2) is 60.8 Å². The molecule has 0 radical (unpaired) electrons. The molecule has 0 bridgehead atoms. The molecule has 0 saturated carbocycles. The number of aliphatic carboxylic acids is 2. The number of carboxylic acid groups (broad SMARTS) is 2. The Hall–Kier alpha value is -2.36. The van der Waals surface area contributed by atoms with Gasteiger partial charge in [-0.25, -0.2) is 4.79 Å². The van der Waals surface area contributed by atoms with E-state index in [1.165, 1.54) is 109 Å². The molecular formula is C36H60O4. The molecule has 0 aromatic carbocycles. The summed E-state index contributed by atoms with van der Waals surface area (Å²) in [6, 6.07) is 0. The minimum absolute atomic E-state index is 0.142. The summed E-state index contributed by atoms with van der Waals surface area (Å²) in [6.45, 7) is 2.27. The minimum Gasteiger partial charge on any atom is -0.481 e. The molecule has 40 heavy (non-hydrogen) atoms. The van der Waals surface area contributed by atoms with Gasteiger partial charge in [-0.05, 0) is 25.7 Å². The number of unbranched alkanes of at least 4 members (excludes halogenated alkanes) is 18. The van der Waals surface area contributed by atoms with Gasteiger partial charge < -0.3 is 10.2 Å². The SMILES string of the molecule is CCCCCCCCCCCCCCC(CCCCCCCCCC=CC=CC=CC=CC=CC(=O)O)C(=O)O. The van der Waals surface area contributed by atoms with Crippen LogP contribution in [0.25, 0.3) is 0 Å². The first-order chi connectivity index (χ1) is 19.6. The number of carbonyl (C=O) groups is 2. The van der Waals surface area contributed by atoms with Gasteiger partial charge in [0.25, 0.3) is 0 Å². The molecule has 1 atom stereocenters. The summed E-state index contributed by atoms with van der Waals surface area (Å²) in [5.41, 5.74) is 0. The average molecular weight is 557 g/mol. The van der Waals surface area contributed by atoms with Gasteiger partial charge in [-0.2, -0.15) is 0 Å². The third-order valence-electron chi connectivity index (χ3n) is 7.33. The zero-order chi connectivity index (χ0) is 29.4. The van der Waals surface area contributed by atoms with Gasteiger partial charge in [0, 0.05) is 6.08 Å². The Balaban J connectivity index is 3.58. The van der Waals surface area contributed by atoms with Gasteiger partial charge in [-0.3, -0.25) is 4.79 Å². The van der Waals surface area contributed by atoms with Crippen molar-refractivity contribution >= 4 is 11.9 Å². The van der Waals surface area contributed by atoms with Gasteiger partial charge in [-0.1, -0.05) is 177 Å². The van der Waals surface area contributed by atoms with Crippen LogP contribution in [0.2, 0.25) is 0 Å². The lowest BCUT2D eigenvalue weighted by Crippen LogP contribution is -2.13. The predicted octanol–water partition coefficient (Wildman–Crippen LogP) is 11.2. The minimum atomic E-state index is -0.945. The van der Waals surface area contributed by atoms with Gasteiger partial charge in [0.2, 0.25) is 0 Å². The molecule has 0 saturated heterocycles. The molecule has 0 rings (SSSR count). The molecule has 0 amide bonds. The Bertz CT molecular complexity index is 729. The molecule has 0 aliphatic rings. The van der Waals surface area contributed by atoms with Crippen LogP contribution in [0.4, 0.5) is 0 Å². The molecule has 0 heterocycles. The summed E-state index contributed by atoms with van der Waals surface area (Å²) in [4.78, 5) is 22.0. The smallest absolute Gasteiger partial charge is 0.328 e. The fraction of sp³-hybridized carbons (Fsp3) is 0.667. The van der Waals surface area contributed by atoms with E-state index in [9.17, 15) is 14.7 Å². The number of rotatable bonds is 29. The van der Waals surface area contributed by atoms with Crippen molar-refractivity contribution in [2.45, 2.75) is 148 Å². The van der Waals surface area contributed by atoms with Gasteiger partial charge in [0.15, 0.2) is 0 Å². The highest BCUT2D eigenvalue weighted by Gasteiger charge is 2.16. The van der Waals surface area contributed by atoms with Crippen LogP contribution < -0.4 is 0 Å². The van der Waals surface area contributed by atoms with E-state index in [-0.39, 0.29) is 5.92 Å². The normalized spacial score (nSPS) is 13.1. The maximum absolute atomic E-state index is 11.6. The van der Waals surface area contributed by atoms with Gasteiger partial charge in [0.05, 0.1) is 5.92 Å². The molecule has 1 unspecified atom stereocenters. The first kappa shape index (κ1) is 37.6. The van der Waals surface area contributed by atoms with Crippen molar-refractivity contribution in [3.63, 3.8) is 0 Å². The molecule has 0 aromatic heterocycles. The summed E-state index contributed by atoms with van der Waals surface area (Å²) in [5.74, 6) is -1.68. The van der Waals surface area contributed by atoms with E-state index < -0.39 is 11.9 Å². The Morgan fingerprint density at radius 1 is 0.500 bits per heavy atom. The van der Waals surface area contributed by atoms with Crippen LogP contribution in [0.3, 0.4) is 0 Å². The second-order valence-corrected chi connectivity index (χ2v) is 11.0. The third-order valence-corrected chi connectivity index (χ3v) is 7.33. The van der Waals surface area contributed by atoms with Crippen molar-refractivity contribution in [3.8, 4) is 0 Å². The predicted molar refractivity (Wildman–Crippen MR) is 172 cm³/mol. The molecule has 0 fully saturated rings. The van der Waals surface area contributed by atoms with Crippen LogP contribution in [0.5, 0.6) is 0 Å².